The molecule has 0 aromatic heterocycles. The molecule has 9 heteroatoms. The van der Waals surface area contributed by atoms with Gasteiger partial charge in [0.1, 0.15) is 0 Å². The molecule has 20 heavy (non-hydrogen) atoms. The summed E-state index contributed by atoms with van der Waals surface area (Å²) in [5, 5.41) is 7.38. The molecule has 0 saturated heterocycles. The van der Waals surface area contributed by atoms with Crippen LogP contribution in [0.25, 0.3) is 0 Å². The van der Waals surface area contributed by atoms with Gasteiger partial charge in [0.15, 0.2) is 23.1 Å². The molecule has 0 rings (SSSR count). The molecular weight excluding hydrogens is 318 g/mol. The summed E-state index contributed by atoms with van der Waals surface area (Å²) in [6.45, 7) is 17.1. The molecule has 0 radical (unpaired) electrons. The van der Waals surface area contributed by atoms with Crippen molar-refractivity contribution >= 4 is 23.1 Å². The van der Waals surface area contributed by atoms with Gasteiger partial charge in [-0.2, -0.15) is 0 Å². The molecule has 0 amide bonds. The largest absolute Gasteiger partial charge is 0.371 e. The van der Waals surface area contributed by atoms with E-state index in [2.05, 4.69) is 4.89 Å². The van der Waals surface area contributed by atoms with Crippen LogP contribution in [-0.2, 0) is 22.8 Å². The van der Waals surface area contributed by atoms with Gasteiger partial charge in [0.2, 0.25) is 0 Å². The minimum Gasteiger partial charge on any atom is -0.371 e. The standard InChI is InChI=1S/C5H15O2PSi.C4H11O2P.C2H6O2/c1-8(2,6)7-9(3,4)5;1-4-6-7(2,3)5;1-2-4-3/h1-5H3;4H2,1-3H3;3H,2H2,1H3. The molecule has 0 aliphatic carbocycles. The molecule has 0 aliphatic heterocycles. The van der Waals surface area contributed by atoms with Crippen molar-refractivity contribution < 1.29 is 28.0 Å². The van der Waals surface area contributed by atoms with E-state index in [-0.39, 0.29) is 0 Å². The van der Waals surface area contributed by atoms with Crippen molar-refractivity contribution in [3.05, 3.63) is 0 Å². The van der Waals surface area contributed by atoms with Crippen LogP contribution in [0.2, 0.25) is 19.6 Å². The van der Waals surface area contributed by atoms with E-state index in [0.717, 1.165) is 0 Å². The Morgan fingerprint density at radius 2 is 1.25 bits per heavy atom. The Balaban J connectivity index is -0.000000234. The first-order valence-electron chi connectivity index (χ1n) is 6.40. The van der Waals surface area contributed by atoms with Crippen LogP contribution in [0, 0.1) is 0 Å². The lowest BCUT2D eigenvalue weighted by Crippen LogP contribution is -2.22. The molecule has 0 bridgehead atoms. The van der Waals surface area contributed by atoms with Gasteiger partial charge in [-0.25, -0.2) is 4.89 Å². The first-order chi connectivity index (χ1) is 8.68. The van der Waals surface area contributed by atoms with Crippen molar-refractivity contribution in [1.29, 1.82) is 0 Å². The minimum atomic E-state index is -2.23. The van der Waals surface area contributed by atoms with Gasteiger partial charge in [-0.3, -0.25) is 14.4 Å². The fourth-order valence-electron chi connectivity index (χ4n) is 0.970. The molecule has 0 spiro atoms. The zero-order valence-corrected chi connectivity index (χ0v) is 17.1. The van der Waals surface area contributed by atoms with Crippen LogP contribution < -0.4 is 0 Å². The topological polar surface area (TPSA) is 82.1 Å². The van der Waals surface area contributed by atoms with E-state index < -0.39 is 23.1 Å². The maximum Gasteiger partial charge on any atom is 0.197 e. The molecule has 0 aromatic carbocycles. The highest BCUT2D eigenvalue weighted by Crippen LogP contribution is 2.40. The van der Waals surface area contributed by atoms with Crippen molar-refractivity contribution in [1.82, 2.24) is 0 Å². The fraction of sp³-hybridized carbons (Fsp3) is 1.00. The molecule has 0 saturated carbocycles. The lowest BCUT2D eigenvalue weighted by molar-refractivity contribution is -0.237. The Morgan fingerprint density at radius 3 is 1.25 bits per heavy atom. The van der Waals surface area contributed by atoms with Gasteiger partial charge in [0.25, 0.3) is 0 Å². The lowest BCUT2D eigenvalue weighted by Gasteiger charge is -2.20. The van der Waals surface area contributed by atoms with E-state index in [4.69, 9.17) is 14.0 Å². The van der Waals surface area contributed by atoms with Crippen molar-refractivity contribution in [2.45, 2.75) is 33.5 Å². The molecule has 0 aliphatic rings. The van der Waals surface area contributed by atoms with Crippen LogP contribution in [0.3, 0.4) is 0 Å². The number of hydrogen-bond donors (Lipinski definition) is 1. The van der Waals surface area contributed by atoms with Crippen molar-refractivity contribution in [3.8, 4) is 0 Å². The van der Waals surface area contributed by atoms with Gasteiger partial charge in [-0.05, 0) is 33.5 Å². The first-order valence-corrected chi connectivity index (χ1v) is 14.8. The Morgan fingerprint density at radius 1 is 0.900 bits per heavy atom. The number of hydrogen-bond acceptors (Lipinski definition) is 6. The van der Waals surface area contributed by atoms with Crippen LogP contribution in [0.1, 0.15) is 13.8 Å². The van der Waals surface area contributed by atoms with Crippen LogP contribution >= 0.6 is 14.7 Å². The Labute approximate surface area is 125 Å². The predicted molar refractivity (Wildman–Crippen MR) is 89.2 cm³/mol. The van der Waals surface area contributed by atoms with E-state index in [1.54, 1.807) is 33.6 Å². The van der Waals surface area contributed by atoms with Gasteiger partial charge >= 0.3 is 0 Å². The van der Waals surface area contributed by atoms with Gasteiger partial charge in [-0.15, -0.1) is 0 Å². The highest BCUT2D eigenvalue weighted by Gasteiger charge is 2.21. The lowest BCUT2D eigenvalue weighted by atomic mass is 10.9. The highest BCUT2D eigenvalue weighted by atomic mass is 31.2. The summed E-state index contributed by atoms with van der Waals surface area (Å²) in [7, 11) is -5.95. The van der Waals surface area contributed by atoms with E-state index in [1.807, 2.05) is 26.6 Å². The maximum atomic E-state index is 11.0. The van der Waals surface area contributed by atoms with Crippen LogP contribution in [0.5, 0.6) is 0 Å². The average Bonchev–Trinajstić information content (AvgIpc) is 2.11. The number of rotatable bonds is 5. The van der Waals surface area contributed by atoms with Crippen LogP contribution in [0.4, 0.5) is 0 Å². The third-order valence-corrected chi connectivity index (χ3v) is 5.89. The highest BCUT2D eigenvalue weighted by molar-refractivity contribution is 7.58. The Kier molecular flexibility index (Phi) is 15.4. The monoisotopic (exact) mass is 350 g/mol. The van der Waals surface area contributed by atoms with E-state index >= 15 is 0 Å². The molecular formula is C11H32O6P2Si. The van der Waals surface area contributed by atoms with Crippen LogP contribution in [-0.4, -0.2) is 53.4 Å². The first kappa shape index (κ1) is 25.5. The van der Waals surface area contributed by atoms with E-state index in [9.17, 15) is 9.13 Å². The summed E-state index contributed by atoms with van der Waals surface area (Å²) in [6.07, 6.45) is 0. The second-order valence-electron chi connectivity index (χ2n) is 5.54. The quantitative estimate of drug-likeness (QED) is 0.342. The second-order valence-corrected chi connectivity index (χ2v) is 15.8. The zero-order chi connectivity index (χ0) is 17.0. The van der Waals surface area contributed by atoms with Gasteiger partial charge in [0.05, 0.1) is 13.2 Å². The summed E-state index contributed by atoms with van der Waals surface area (Å²) in [4.78, 5) is 3.54. The SMILES string of the molecule is CCOO.CCOP(C)(C)=O.C[Si](C)(C)OP(C)(C)=O. The van der Waals surface area contributed by atoms with E-state index in [0.29, 0.717) is 13.2 Å². The Hall–Kier alpha value is 0.517. The average molecular weight is 350 g/mol. The molecule has 6 nitrogen and oxygen atoms in total. The van der Waals surface area contributed by atoms with Gasteiger partial charge < -0.3 is 8.74 Å². The normalized spacial score (nSPS) is 11.9. The summed E-state index contributed by atoms with van der Waals surface area (Å²) >= 11 is 0. The molecule has 1 N–H and O–H groups in total. The van der Waals surface area contributed by atoms with Crippen molar-refractivity contribution in [3.63, 3.8) is 0 Å². The van der Waals surface area contributed by atoms with Crippen molar-refractivity contribution in [2.24, 2.45) is 0 Å². The molecule has 0 aromatic rings. The third-order valence-electron chi connectivity index (χ3n) is 1.06. The van der Waals surface area contributed by atoms with Gasteiger partial charge in [-0.1, -0.05) is 0 Å². The molecule has 0 heterocycles. The molecule has 0 atom stereocenters. The zero-order valence-electron chi connectivity index (χ0n) is 14.3. The van der Waals surface area contributed by atoms with Crippen LogP contribution in [0.15, 0.2) is 0 Å². The summed E-state index contributed by atoms with van der Waals surface area (Å²) in [6, 6.07) is 0. The summed E-state index contributed by atoms with van der Waals surface area (Å²) in [5.41, 5.74) is 0. The third kappa shape index (κ3) is 42.8. The summed E-state index contributed by atoms with van der Waals surface area (Å²) in [5.74, 6) is 0. The van der Waals surface area contributed by atoms with Crippen molar-refractivity contribution in [2.75, 3.05) is 39.9 Å². The fourth-order valence-corrected chi connectivity index (χ4v) is 6.87. The Bertz CT molecular complexity index is 303. The molecule has 0 unspecified atom stereocenters. The smallest absolute Gasteiger partial charge is 0.197 e. The molecule has 0 fully saturated rings. The summed E-state index contributed by atoms with van der Waals surface area (Å²) < 4.78 is 31.7. The van der Waals surface area contributed by atoms with Gasteiger partial charge in [0, 0.05) is 26.7 Å². The van der Waals surface area contributed by atoms with E-state index in [1.165, 1.54) is 0 Å². The predicted octanol–water partition coefficient (Wildman–Crippen LogP) is 4.43. The molecule has 126 valence electrons. The maximum absolute atomic E-state index is 11.0. The second kappa shape index (κ2) is 12.1. The minimum absolute atomic E-state index is 0.375.